The molecule has 6 heteroatoms. The van der Waals surface area contributed by atoms with Crippen LogP contribution in [-0.2, 0) is 6.54 Å². The average molecular weight is 338 g/mol. The quantitative estimate of drug-likeness (QED) is 0.856. The molecule has 0 unspecified atom stereocenters. The molecule has 6 nitrogen and oxygen atoms in total. The van der Waals surface area contributed by atoms with Gasteiger partial charge in [-0.3, -0.25) is 14.7 Å². The Morgan fingerprint density at radius 1 is 1.28 bits per heavy atom. The number of fused-ring (bicyclic) bond motifs is 1. The molecule has 0 spiro atoms. The third kappa shape index (κ3) is 2.84. The molecule has 130 valence electrons. The van der Waals surface area contributed by atoms with Gasteiger partial charge >= 0.3 is 0 Å². The lowest BCUT2D eigenvalue weighted by Gasteiger charge is -2.24. The molecule has 1 amide bonds. The van der Waals surface area contributed by atoms with E-state index in [0.717, 1.165) is 51.2 Å². The first-order chi connectivity index (χ1) is 12.3. The molecule has 3 fully saturated rings. The van der Waals surface area contributed by atoms with Crippen molar-refractivity contribution in [3.63, 3.8) is 0 Å². The number of carbonyl (C=O) groups is 1. The molecule has 4 heterocycles. The van der Waals surface area contributed by atoms with Crippen LogP contribution in [0.4, 0.5) is 0 Å². The van der Waals surface area contributed by atoms with Gasteiger partial charge in [-0.2, -0.15) is 0 Å². The molecular formula is C19H22N4O2. The largest absolute Gasteiger partial charge is 0.360 e. The summed E-state index contributed by atoms with van der Waals surface area (Å²) in [6.45, 7) is 3.72. The maximum atomic E-state index is 12.9. The van der Waals surface area contributed by atoms with Gasteiger partial charge in [-0.25, -0.2) is 0 Å². The summed E-state index contributed by atoms with van der Waals surface area (Å²) in [5.74, 6) is 1.97. The van der Waals surface area contributed by atoms with Crippen LogP contribution in [0.2, 0.25) is 0 Å². The van der Waals surface area contributed by atoms with Crippen LogP contribution in [0, 0.1) is 5.92 Å². The van der Waals surface area contributed by atoms with Gasteiger partial charge in [0.05, 0.1) is 0 Å². The second kappa shape index (κ2) is 5.95. The van der Waals surface area contributed by atoms with Gasteiger partial charge in [0.2, 0.25) is 0 Å². The minimum atomic E-state index is 0.0337. The molecule has 0 N–H and O–H groups in total. The van der Waals surface area contributed by atoms with Crippen LogP contribution in [0.25, 0.3) is 0 Å². The van der Waals surface area contributed by atoms with E-state index in [9.17, 15) is 4.79 Å². The van der Waals surface area contributed by atoms with E-state index in [2.05, 4.69) is 21.1 Å². The molecule has 1 saturated carbocycles. The summed E-state index contributed by atoms with van der Waals surface area (Å²) in [5.41, 5.74) is 1.71. The number of likely N-dealkylation sites (tertiary alicyclic amines) is 2. The van der Waals surface area contributed by atoms with Gasteiger partial charge in [-0.1, -0.05) is 11.2 Å². The lowest BCUT2D eigenvalue weighted by atomic mass is 10.1. The summed E-state index contributed by atoms with van der Waals surface area (Å²) in [6, 6.07) is 6.24. The summed E-state index contributed by atoms with van der Waals surface area (Å²) in [7, 11) is 0. The van der Waals surface area contributed by atoms with Crippen molar-refractivity contribution in [2.75, 3.05) is 19.6 Å². The molecule has 1 aliphatic carbocycles. The third-order valence-electron chi connectivity index (χ3n) is 5.74. The Balaban J connectivity index is 1.27. The van der Waals surface area contributed by atoms with Gasteiger partial charge in [-0.15, -0.1) is 0 Å². The van der Waals surface area contributed by atoms with Crippen LogP contribution in [-0.4, -0.2) is 51.5 Å². The Morgan fingerprint density at radius 2 is 2.20 bits per heavy atom. The Bertz CT molecular complexity index is 771. The van der Waals surface area contributed by atoms with Gasteiger partial charge in [0.15, 0.2) is 5.69 Å². The van der Waals surface area contributed by atoms with Gasteiger partial charge in [0.1, 0.15) is 5.76 Å². The Kier molecular flexibility index (Phi) is 3.59. The van der Waals surface area contributed by atoms with E-state index >= 15 is 0 Å². The number of nitrogens with zero attached hydrogens (tertiary/aromatic N) is 4. The molecule has 3 aliphatic rings. The summed E-state index contributed by atoms with van der Waals surface area (Å²) in [5, 5.41) is 4.03. The van der Waals surface area contributed by atoms with Gasteiger partial charge < -0.3 is 9.42 Å². The first kappa shape index (κ1) is 15.1. The van der Waals surface area contributed by atoms with Crippen molar-refractivity contribution < 1.29 is 9.32 Å². The average Bonchev–Trinajstić information content (AvgIpc) is 3.05. The minimum absolute atomic E-state index is 0.0337. The molecule has 5 rings (SSSR count). The number of rotatable bonds is 4. The van der Waals surface area contributed by atoms with Crippen molar-refractivity contribution in [2.24, 2.45) is 5.92 Å². The zero-order valence-corrected chi connectivity index (χ0v) is 14.2. The Morgan fingerprint density at radius 3 is 3.00 bits per heavy atom. The highest BCUT2D eigenvalue weighted by Gasteiger charge is 2.44. The SMILES string of the molecule is O=C(c1cc(C2CC2)on1)N1CC[C@H]2CN(Cc3cccnc3)C[C@H]21. The van der Waals surface area contributed by atoms with Gasteiger partial charge in [0.25, 0.3) is 5.91 Å². The van der Waals surface area contributed by atoms with Crippen molar-refractivity contribution in [1.82, 2.24) is 19.9 Å². The molecule has 2 atom stereocenters. The fourth-order valence-corrected chi connectivity index (χ4v) is 4.28. The topological polar surface area (TPSA) is 62.5 Å². The zero-order valence-electron chi connectivity index (χ0n) is 14.2. The summed E-state index contributed by atoms with van der Waals surface area (Å²) in [4.78, 5) is 21.5. The Hall–Kier alpha value is -2.21. The smallest absolute Gasteiger partial charge is 0.276 e. The monoisotopic (exact) mass is 338 g/mol. The number of amides is 1. The molecule has 25 heavy (non-hydrogen) atoms. The predicted octanol–water partition coefficient (Wildman–Crippen LogP) is 2.29. The fraction of sp³-hybridized carbons (Fsp3) is 0.526. The first-order valence-corrected chi connectivity index (χ1v) is 9.17. The minimum Gasteiger partial charge on any atom is -0.360 e. The molecule has 0 radical (unpaired) electrons. The predicted molar refractivity (Wildman–Crippen MR) is 90.9 cm³/mol. The van der Waals surface area contributed by atoms with Crippen molar-refractivity contribution in [1.29, 1.82) is 0 Å². The Labute approximate surface area is 146 Å². The molecule has 0 aromatic carbocycles. The van der Waals surface area contributed by atoms with Crippen LogP contribution in [0.15, 0.2) is 35.1 Å². The van der Waals surface area contributed by atoms with Crippen molar-refractivity contribution in [2.45, 2.75) is 37.8 Å². The van der Waals surface area contributed by atoms with E-state index in [-0.39, 0.29) is 5.91 Å². The van der Waals surface area contributed by atoms with Crippen LogP contribution in [0.3, 0.4) is 0 Å². The number of hydrogen-bond acceptors (Lipinski definition) is 5. The third-order valence-corrected chi connectivity index (χ3v) is 5.74. The van der Waals surface area contributed by atoms with E-state index in [1.165, 1.54) is 5.56 Å². The molecule has 2 aromatic heterocycles. The van der Waals surface area contributed by atoms with E-state index in [0.29, 0.717) is 23.6 Å². The highest BCUT2D eigenvalue weighted by atomic mass is 16.5. The van der Waals surface area contributed by atoms with Gasteiger partial charge in [-0.05, 0) is 36.8 Å². The van der Waals surface area contributed by atoms with Crippen molar-refractivity contribution >= 4 is 5.91 Å². The van der Waals surface area contributed by atoms with E-state index in [1.807, 2.05) is 23.2 Å². The summed E-state index contributed by atoms with van der Waals surface area (Å²) < 4.78 is 5.37. The molecule has 2 saturated heterocycles. The summed E-state index contributed by atoms with van der Waals surface area (Å²) >= 11 is 0. The second-order valence-electron chi connectivity index (χ2n) is 7.56. The molecule has 0 bridgehead atoms. The standard InChI is InChI=1S/C19H22N4O2/c24-19(16-8-18(25-21-16)14-3-4-14)23-7-5-15-11-22(12-17(15)23)10-13-2-1-6-20-9-13/h1-2,6,8-9,14-15,17H,3-5,7,10-12H2/t15-,17+/m0/s1. The normalized spacial score (nSPS) is 26.2. The van der Waals surface area contributed by atoms with Crippen molar-refractivity contribution in [3.8, 4) is 0 Å². The summed E-state index contributed by atoms with van der Waals surface area (Å²) in [6.07, 6.45) is 7.11. The number of carbonyl (C=O) groups excluding carboxylic acids is 1. The van der Waals surface area contributed by atoms with Crippen LogP contribution in [0.5, 0.6) is 0 Å². The second-order valence-corrected chi connectivity index (χ2v) is 7.56. The van der Waals surface area contributed by atoms with E-state index < -0.39 is 0 Å². The highest BCUT2D eigenvalue weighted by molar-refractivity contribution is 5.92. The fourth-order valence-electron chi connectivity index (χ4n) is 4.28. The number of aromatic nitrogens is 2. The molecule has 2 aromatic rings. The van der Waals surface area contributed by atoms with Crippen LogP contribution in [0.1, 0.15) is 47.0 Å². The van der Waals surface area contributed by atoms with Crippen LogP contribution >= 0.6 is 0 Å². The zero-order chi connectivity index (χ0) is 16.8. The molecule has 2 aliphatic heterocycles. The highest BCUT2D eigenvalue weighted by Crippen LogP contribution is 2.40. The lowest BCUT2D eigenvalue weighted by molar-refractivity contribution is 0.0715. The van der Waals surface area contributed by atoms with E-state index in [4.69, 9.17) is 4.52 Å². The number of hydrogen-bond donors (Lipinski definition) is 0. The maximum absolute atomic E-state index is 12.9. The van der Waals surface area contributed by atoms with Crippen molar-refractivity contribution in [3.05, 3.63) is 47.6 Å². The maximum Gasteiger partial charge on any atom is 0.276 e. The van der Waals surface area contributed by atoms with Gasteiger partial charge in [0, 0.05) is 56.6 Å². The van der Waals surface area contributed by atoms with E-state index in [1.54, 1.807) is 6.20 Å². The first-order valence-electron chi connectivity index (χ1n) is 9.17. The lowest BCUT2D eigenvalue weighted by Crippen LogP contribution is -2.39. The number of pyridine rings is 1. The molecular weight excluding hydrogens is 316 g/mol. The van der Waals surface area contributed by atoms with Crippen LogP contribution < -0.4 is 0 Å².